The zero-order valence-electron chi connectivity index (χ0n) is 11.4. The van der Waals surface area contributed by atoms with Gasteiger partial charge < -0.3 is 15.7 Å². The second-order valence-corrected chi connectivity index (χ2v) is 5.44. The van der Waals surface area contributed by atoms with Crippen LogP contribution in [-0.4, -0.2) is 36.1 Å². The SMILES string of the molecule is CC(CCCO)NC(=O)CNC(=O)c1ccc(Br)cc1. The van der Waals surface area contributed by atoms with Crippen LogP contribution in [0, 0.1) is 0 Å². The van der Waals surface area contributed by atoms with Gasteiger partial charge >= 0.3 is 0 Å². The lowest BCUT2D eigenvalue weighted by atomic mass is 10.2. The lowest BCUT2D eigenvalue weighted by Gasteiger charge is -2.13. The molecule has 20 heavy (non-hydrogen) atoms. The largest absolute Gasteiger partial charge is 0.396 e. The maximum Gasteiger partial charge on any atom is 0.251 e. The van der Waals surface area contributed by atoms with Crippen molar-refractivity contribution in [1.29, 1.82) is 0 Å². The summed E-state index contributed by atoms with van der Waals surface area (Å²) in [6, 6.07) is 6.89. The Morgan fingerprint density at radius 2 is 1.95 bits per heavy atom. The van der Waals surface area contributed by atoms with E-state index >= 15 is 0 Å². The van der Waals surface area contributed by atoms with E-state index in [1.807, 2.05) is 6.92 Å². The molecule has 0 bridgehead atoms. The van der Waals surface area contributed by atoms with Crippen LogP contribution in [0.5, 0.6) is 0 Å². The summed E-state index contributed by atoms with van der Waals surface area (Å²) in [5.41, 5.74) is 0.509. The molecule has 2 amide bonds. The molecule has 1 aromatic carbocycles. The Kier molecular flexibility index (Phi) is 7.25. The maximum absolute atomic E-state index is 11.8. The molecule has 0 aliphatic rings. The van der Waals surface area contributed by atoms with E-state index in [0.717, 1.165) is 4.47 Å². The van der Waals surface area contributed by atoms with Crippen molar-refractivity contribution in [3.8, 4) is 0 Å². The molecule has 0 fully saturated rings. The number of halogens is 1. The molecule has 1 rings (SSSR count). The van der Waals surface area contributed by atoms with Crippen molar-refractivity contribution in [2.45, 2.75) is 25.8 Å². The van der Waals surface area contributed by atoms with Crippen molar-refractivity contribution in [3.05, 3.63) is 34.3 Å². The van der Waals surface area contributed by atoms with Gasteiger partial charge in [0.25, 0.3) is 5.91 Å². The summed E-state index contributed by atoms with van der Waals surface area (Å²) in [6.45, 7) is 1.92. The Hall–Kier alpha value is -1.40. The average molecular weight is 343 g/mol. The van der Waals surface area contributed by atoms with Crippen molar-refractivity contribution in [3.63, 3.8) is 0 Å². The molecule has 0 saturated carbocycles. The zero-order chi connectivity index (χ0) is 15.0. The van der Waals surface area contributed by atoms with Crippen molar-refractivity contribution < 1.29 is 14.7 Å². The van der Waals surface area contributed by atoms with E-state index in [2.05, 4.69) is 26.6 Å². The Bertz CT molecular complexity index is 448. The number of carbonyl (C=O) groups is 2. The van der Waals surface area contributed by atoms with Gasteiger partial charge in [0, 0.05) is 22.7 Å². The number of rotatable bonds is 7. The first-order chi connectivity index (χ1) is 9.52. The van der Waals surface area contributed by atoms with Crippen molar-refractivity contribution >= 4 is 27.7 Å². The van der Waals surface area contributed by atoms with Crippen molar-refractivity contribution in [2.75, 3.05) is 13.2 Å². The highest BCUT2D eigenvalue weighted by molar-refractivity contribution is 9.10. The van der Waals surface area contributed by atoms with E-state index < -0.39 is 0 Å². The first-order valence-electron chi connectivity index (χ1n) is 6.47. The molecule has 0 radical (unpaired) electrons. The van der Waals surface area contributed by atoms with Gasteiger partial charge in [-0.2, -0.15) is 0 Å². The van der Waals surface area contributed by atoms with E-state index in [1.54, 1.807) is 24.3 Å². The van der Waals surface area contributed by atoms with E-state index in [1.165, 1.54) is 0 Å². The minimum Gasteiger partial charge on any atom is -0.396 e. The van der Waals surface area contributed by atoms with Crippen LogP contribution < -0.4 is 10.6 Å². The average Bonchev–Trinajstić information content (AvgIpc) is 2.43. The first kappa shape index (κ1) is 16.7. The molecule has 0 heterocycles. The lowest BCUT2D eigenvalue weighted by molar-refractivity contribution is -0.120. The van der Waals surface area contributed by atoms with Gasteiger partial charge in [-0.05, 0) is 44.0 Å². The highest BCUT2D eigenvalue weighted by atomic mass is 79.9. The number of benzene rings is 1. The van der Waals surface area contributed by atoms with Crippen LogP contribution in [0.25, 0.3) is 0 Å². The van der Waals surface area contributed by atoms with Crippen LogP contribution in [0.2, 0.25) is 0 Å². The fourth-order valence-electron chi connectivity index (χ4n) is 1.66. The van der Waals surface area contributed by atoms with Crippen molar-refractivity contribution in [2.24, 2.45) is 0 Å². The van der Waals surface area contributed by atoms with E-state index in [4.69, 9.17) is 5.11 Å². The highest BCUT2D eigenvalue weighted by Crippen LogP contribution is 2.10. The summed E-state index contributed by atoms with van der Waals surface area (Å²) in [6.07, 6.45) is 1.36. The van der Waals surface area contributed by atoms with Gasteiger partial charge in [-0.1, -0.05) is 15.9 Å². The van der Waals surface area contributed by atoms with Crippen LogP contribution in [0.15, 0.2) is 28.7 Å². The summed E-state index contributed by atoms with van der Waals surface area (Å²) in [5, 5.41) is 14.0. The number of hydrogen-bond acceptors (Lipinski definition) is 3. The maximum atomic E-state index is 11.8. The van der Waals surface area contributed by atoms with E-state index in [-0.39, 0.29) is 31.0 Å². The molecule has 0 aromatic heterocycles. The first-order valence-corrected chi connectivity index (χ1v) is 7.26. The number of carbonyl (C=O) groups excluding carboxylic acids is 2. The second kappa shape index (κ2) is 8.71. The van der Waals surface area contributed by atoms with Crippen LogP contribution in [0.1, 0.15) is 30.1 Å². The molecule has 6 heteroatoms. The molecule has 0 saturated heterocycles. The van der Waals surface area contributed by atoms with E-state index in [0.29, 0.717) is 18.4 Å². The van der Waals surface area contributed by atoms with Gasteiger partial charge in [-0.25, -0.2) is 0 Å². The minimum absolute atomic E-state index is 0.0146. The molecule has 3 N–H and O–H groups in total. The minimum atomic E-state index is -0.282. The van der Waals surface area contributed by atoms with Crippen LogP contribution >= 0.6 is 15.9 Å². The Morgan fingerprint density at radius 1 is 1.30 bits per heavy atom. The summed E-state index contributed by atoms with van der Waals surface area (Å²) in [5.74, 6) is -0.517. The fraction of sp³-hybridized carbons (Fsp3) is 0.429. The molecule has 1 aromatic rings. The lowest BCUT2D eigenvalue weighted by Crippen LogP contribution is -2.40. The standard InChI is InChI=1S/C14H19BrN2O3/c1-10(3-2-8-18)17-13(19)9-16-14(20)11-4-6-12(15)7-5-11/h4-7,10,18H,2-3,8-9H2,1H3,(H,16,20)(H,17,19). The smallest absolute Gasteiger partial charge is 0.251 e. The number of nitrogens with one attached hydrogen (secondary N) is 2. The quantitative estimate of drug-likeness (QED) is 0.701. The molecule has 5 nitrogen and oxygen atoms in total. The summed E-state index contributed by atoms with van der Waals surface area (Å²) in [4.78, 5) is 23.4. The predicted octanol–water partition coefficient (Wildman–Crippen LogP) is 1.46. The summed E-state index contributed by atoms with van der Waals surface area (Å²) >= 11 is 3.29. The second-order valence-electron chi connectivity index (χ2n) is 4.52. The van der Waals surface area contributed by atoms with Gasteiger partial charge in [0.2, 0.25) is 5.91 Å². The Labute approximate surface area is 126 Å². The monoisotopic (exact) mass is 342 g/mol. The molecule has 1 unspecified atom stereocenters. The Morgan fingerprint density at radius 3 is 2.55 bits per heavy atom. The van der Waals surface area contributed by atoms with Gasteiger partial charge in [-0.3, -0.25) is 9.59 Å². The van der Waals surface area contributed by atoms with Gasteiger partial charge in [-0.15, -0.1) is 0 Å². The van der Waals surface area contributed by atoms with Crippen molar-refractivity contribution in [1.82, 2.24) is 10.6 Å². The number of amides is 2. The number of aliphatic hydroxyl groups excluding tert-OH is 1. The normalized spacial score (nSPS) is 11.8. The predicted molar refractivity (Wildman–Crippen MR) is 80.4 cm³/mol. The third-order valence-corrected chi connectivity index (χ3v) is 3.25. The summed E-state index contributed by atoms with van der Waals surface area (Å²) < 4.78 is 0.893. The number of aliphatic hydroxyl groups is 1. The van der Waals surface area contributed by atoms with Crippen LogP contribution in [0.3, 0.4) is 0 Å². The number of hydrogen-bond donors (Lipinski definition) is 3. The topological polar surface area (TPSA) is 78.4 Å². The summed E-state index contributed by atoms with van der Waals surface area (Å²) in [7, 11) is 0. The zero-order valence-corrected chi connectivity index (χ0v) is 12.9. The van der Waals surface area contributed by atoms with Gasteiger partial charge in [0.05, 0.1) is 6.54 Å². The fourth-order valence-corrected chi connectivity index (χ4v) is 1.92. The van der Waals surface area contributed by atoms with Crippen LogP contribution in [-0.2, 0) is 4.79 Å². The third-order valence-electron chi connectivity index (χ3n) is 2.72. The Balaban J connectivity index is 2.33. The van der Waals surface area contributed by atoms with Crippen LogP contribution in [0.4, 0.5) is 0 Å². The van der Waals surface area contributed by atoms with Gasteiger partial charge in [0.15, 0.2) is 0 Å². The molecule has 110 valence electrons. The molecule has 0 spiro atoms. The molecule has 1 atom stereocenters. The molecular weight excluding hydrogens is 324 g/mol. The van der Waals surface area contributed by atoms with Gasteiger partial charge in [0.1, 0.15) is 0 Å². The molecular formula is C14H19BrN2O3. The molecule has 0 aliphatic heterocycles. The van der Waals surface area contributed by atoms with E-state index in [9.17, 15) is 9.59 Å². The third kappa shape index (κ3) is 6.16. The highest BCUT2D eigenvalue weighted by Gasteiger charge is 2.10. The molecule has 0 aliphatic carbocycles.